The van der Waals surface area contributed by atoms with Crippen LogP contribution in [0.15, 0.2) is 47.0 Å². The molecule has 3 aromatic rings. The number of rotatable bonds is 7. The highest BCUT2D eigenvalue weighted by Gasteiger charge is 2.16. The highest BCUT2D eigenvalue weighted by Crippen LogP contribution is 2.23. The Kier molecular flexibility index (Phi) is 5.85. The smallest absolute Gasteiger partial charge is 0.270 e. The molecule has 28 heavy (non-hydrogen) atoms. The number of non-ortho nitro benzene ring substituents is 1. The van der Waals surface area contributed by atoms with Crippen molar-refractivity contribution in [2.24, 2.45) is 0 Å². The Morgan fingerprint density at radius 2 is 2.00 bits per heavy atom. The Bertz CT molecular complexity index is 1000. The van der Waals surface area contributed by atoms with Gasteiger partial charge < -0.3 is 15.2 Å². The summed E-state index contributed by atoms with van der Waals surface area (Å²) in [5.74, 6) is 0.447. The predicted octanol–water partition coefficient (Wildman–Crippen LogP) is 3.31. The van der Waals surface area contributed by atoms with Crippen molar-refractivity contribution in [1.82, 2.24) is 15.5 Å². The Morgan fingerprint density at radius 3 is 2.68 bits per heavy atom. The van der Waals surface area contributed by atoms with Gasteiger partial charge in [0.25, 0.3) is 11.6 Å². The molecule has 3 rings (SSSR count). The number of carbonyl (C=O) groups excluding carboxylic acids is 1. The third-order valence-electron chi connectivity index (χ3n) is 3.91. The first-order valence-corrected chi connectivity index (χ1v) is 8.68. The lowest BCUT2D eigenvalue weighted by molar-refractivity contribution is -0.384. The molecule has 0 aliphatic rings. The highest BCUT2D eigenvalue weighted by molar-refractivity contribution is 6.30. The topological polar surface area (TPSA) is 123 Å². The third-order valence-corrected chi connectivity index (χ3v) is 4.16. The SMILES string of the molecule is CNC(=O)c1cc([N+](=O)[O-])ccc1NCCc1nc(-c2ccc(Cl)cc2)no1. The number of nitro benzene ring substituents is 1. The molecule has 10 heteroatoms. The van der Waals surface area contributed by atoms with Crippen molar-refractivity contribution in [1.29, 1.82) is 0 Å². The number of anilines is 1. The highest BCUT2D eigenvalue weighted by atomic mass is 35.5. The minimum atomic E-state index is -0.549. The molecule has 144 valence electrons. The number of hydrogen-bond donors (Lipinski definition) is 2. The quantitative estimate of drug-likeness (QED) is 0.459. The molecule has 0 atom stereocenters. The second kappa shape index (κ2) is 8.49. The molecule has 0 fully saturated rings. The van der Waals surface area contributed by atoms with Crippen LogP contribution in [0.1, 0.15) is 16.2 Å². The van der Waals surface area contributed by atoms with E-state index in [4.69, 9.17) is 16.1 Å². The zero-order valence-electron chi connectivity index (χ0n) is 14.8. The summed E-state index contributed by atoms with van der Waals surface area (Å²) in [6.45, 7) is 0.393. The number of nitrogens with one attached hydrogen (secondary N) is 2. The van der Waals surface area contributed by atoms with Crippen LogP contribution < -0.4 is 10.6 Å². The van der Waals surface area contributed by atoms with E-state index in [9.17, 15) is 14.9 Å². The first-order chi connectivity index (χ1) is 13.5. The van der Waals surface area contributed by atoms with Crippen LogP contribution in [-0.4, -0.2) is 34.6 Å². The van der Waals surface area contributed by atoms with Gasteiger partial charge in [0.15, 0.2) is 0 Å². The molecular formula is C18H16ClN5O4. The van der Waals surface area contributed by atoms with E-state index in [-0.39, 0.29) is 11.3 Å². The van der Waals surface area contributed by atoms with E-state index < -0.39 is 10.8 Å². The number of carbonyl (C=O) groups is 1. The number of nitro groups is 1. The van der Waals surface area contributed by atoms with Crippen LogP contribution in [0.5, 0.6) is 0 Å². The minimum absolute atomic E-state index is 0.159. The summed E-state index contributed by atoms with van der Waals surface area (Å²) >= 11 is 5.87. The molecule has 0 unspecified atom stereocenters. The molecule has 9 nitrogen and oxygen atoms in total. The lowest BCUT2D eigenvalue weighted by Gasteiger charge is -2.10. The van der Waals surface area contributed by atoms with Crippen LogP contribution in [0.3, 0.4) is 0 Å². The molecule has 2 aromatic carbocycles. The standard InChI is InChI=1S/C18H16ClN5O4/c1-20-18(25)14-10-13(24(26)27)6-7-15(14)21-9-8-16-22-17(23-28-16)11-2-4-12(19)5-3-11/h2-7,10,21H,8-9H2,1H3,(H,20,25). The van der Waals surface area contributed by atoms with Gasteiger partial charge in [-0.1, -0.05) is 16.8 Å². The first kappa shape index (κ1) is 19.3. The summed E-state index contributed by atoms with van der Waals surface area (Å²) in [6.07, 6.45) is 0.408. The number of aromatic nitrogens is 2. The molecule has 1 aromatic heterocycles. The van der Waals surface area contributed by atoms with E-state index >= 15 is 0 Å². The summed E-state index contributed by atoms with van der Waals surface area (Å²) in [5.41, 5.74) is 1.28. The lowest BCUT2D eigenvalue weighted by Crippen LogP contribution is -2.20. The fourth-order valence-corrected chi connectivity index (χ4v) is 2.63. The van der Waals surface area contributed by atoms with Crippen molar-refractivity contribution in [2.75, 3.05) is 18.9 Å². The van der Waals surface area contributed by atoms with Gasteiger partial charge in [-0.05, 0) is 30.3 Å². The largest absolute Gasteiger partial charge is 0.384 e. The van der Waals surface area contributed by atoms with Crippen LogP contribution in [0.2, 0.25) is 5.02 Å². The minimum Gasteiger partial charge on any atom is -0.384 e. The Morgan fingerprint density at radius 1 is 1.25 bits per heavy atom. The van der Waals surface area contributed by atoms with Gasteiger partial charge in [-0.3, -0.25) is 14.9 Å². The molecule has 0 aliphatic heterocycles. The van der Waals surface area contributed by atoms with Crippen molar-refractivity contribution in [3.05, 3.63) is 69.1 Å². The fraction of sp³-hybridized carbons (Fsp3) is 0.167. The third kappa shape index (κ3) is 4.44. The monoisotopic (exact) mass is 401 g/mol. The fourth-order valence-electron chi connectivity index (χ4n) is 2.50. The van der Waals surface area contributed by atoms with Gasteiger partial charge in [0.05, 0.1) is 10.5 Å². The van der Waals surface area contributed by atoms with Gasteiger partial charge >= 0.3 is 0 Å². The lowest BCUT2D eigenvalue weighted by atomic mass is 10.1. The van der Waals surface area contributed by atoms with E-state index in [0.717, 1.165) is 5.56 Å². The second-order valence-electron chi connectivity index (χ2n) is 5.76. The predicted molar refractivity (Wildman–Crippen MR) is 103 cm³/mol. The summed E-state index contributed by atoms with van der Waals surface area (Å²) in [6, 6.07) is 11.1. The van der Waals surface area contributed by atoms with Crippen LogP contribution >= 0.6 is 11.6 Å². The van der Waals surface area contributed by atoms with E-state index in [0.29, 0.717) is 35.4 Å². The van der Waals surface area contributed by atoms with E-state index in [1.54, 1.807) is 24.3 Å². The van der Waals surface area contributed by atoms with Gasteiger partial charge in [-0.2, -0.15) is 4.98 Å². The summed E-state index contributed by atoms with van der Waals surface area (Å²) in [7, 11) is 1.46. The molecule has 1 amide bonds. The van der Waals surface area contributed by atoms with Gasteiger partial charge in [-0.25, -0.2) is 0 Å². The van der Waals surface area contributed by atoms with Crippen LogP contribution in [-0.2, 0) is 6.42 Å². The van der Waals surface area contributed by atoms with Crippen LogP contribution in [0.25, 0.3) is 11.4 Å². The normalized spacial score (nSPS) is 10.5. The molecule has 0 spiro atoms. The second-order valence-corrected chi connectivity index (χ2v) is 6.20. The maximum Gasteiger partial charge on any atom is 0.270 e. The number of halogens is 1. The van der Waals surface area contributed by atoms with E-state index in [1.165, 1.54) is 25.2 Å². The number of amides is 1. The molecule has 2 N–H and O–H groups in total. The van der Waals surface area contributed by atoms with Crippen molar-refractivity contribution < 1.29 is 14.2 Å². The van der Waals surface area contributed by atoms with E-state index in [2.05, 4.69) is 20.8 Å². The van der Waals surface area contributed by atoms with E-state index in [1.807, 2.05) is 0 Å². The van der Waals surface area contributed by atoms with Crippen molar-refractivity contribution in [2.45, 2.75) is 6.42 Å². The molecule has 0 aliphatic carbocycles. The molecule has 0 bridgehead atoms. The van der Waals surface area contributed by atoms with Gasteiger partial charge in [0, 0.05) is 48.4 Å². The maximum absolute atomic E-state index is 12.0. The zero-order chi connectivity index (χ0) is 20.1. The number of hydrogen-bond acceptors (Lipinski definition) is 7. The van der Waals surface area contributed by atoms with Gasteiger partial charge in [-0.15, -0.1) is 0 Å². The Labute approximate surface area is 164 Å². The van der Waals surface area contributed by atoms with Crippen LogP contribution in [0.4, 0.5) is 11.4 Å². The molecule has 1 heterocycles. The van der Waals surface area contributed by atoms with Crippen molar-refractivity contribution >= 4 is 28.9 Å². The number of benzene rings is 2. The average Bonchev–Trinajstić information content (AvgIpc) is 3.17. The molecular weight excluding hydrogens is 386 g/mol. The average molecular weight is 402 g/mol. The summed E-state index contributed by atoms with van der Waals surface area (Å²) < 4.78 is 5.23. The summed E-state index contributed by atoms with van der Waals surface area (Å²) in [4.78, 5) is 26.7. The first-order valence-electron chi connectivity index (χ1n) is 8.31. The summed E-state index contributed by atoms with van der Waals surface area (Å²) in [5, 5.41) is 21.0. The zero-order valence-corrected chi connectivity index (χ0v) is 15.6. The van der Waals surface area contributed by atoms with Crippen molar-refractivity contribution in [3.8, 4) is 11.4 Å². The number of nitrogens with zero attached hydrogens (tertiary/aromatic N) is 3. The Hall–Kier alpha value is -3.46. The van der Waals surface area contributed by atoms with Gasteiger partial charge in [0.2, 0.25) is 11.7 Å². The maximum atomic E-state index is 12.0. The van der Waals surface area contributed by atoms with Crippen molar-refractivity contribution in [3.63, 3.8) is 0 Å². The molecule has 0 saturated carbocycles. The van der Waals surface area contributed by atoms with Crippen LogP contribution in [0, 0.1) is 10.1 Å². The Balaban J connectivity index is 1.67. The van der Waals surface area contributed by atoms with Gasteiger partial charge in [0.1, 0.15) is 0 Å². The molecule has 0 saturated heterocycles. The molecule has 0 radical (unpaired) electrons.